The molecular formula is C18H18N4O2S. The lowest BCUT2D eigenvalue weighted by Gasteiger charge is -2.04. The molecule has 128 valence electrons. The largest absolute Gasteiger partial charge is 0.485 e. The van der Waals surface area contributed by atoms with Crippen molar-refractivity contribution >= 4 is 17.2 Å². The van der Waals surface area contributed by atoms with E-state index >= 15 is 0 Å². The number of carbonyl (C=O) groups excluding carboxylic acids is 1. The molecule has 0 fully saturated rings. The molecular weight excluding hydrogens is 336 g/mol. The zero-order valence-electron chi connectivity index (χ0n) is 13.8. The summed E-state index contributed by atoms with van der Waals surface area (Å²) in [5.74, 6) is 0.625. The summed E-state index contributed by atoms with van der Waals surface area (Å²) in [6.45, 7) is 2.89. The van der Waals surface area contributed by atoms with Crippen molar-refractivity contribution in [1.82, 2.24) is 20.3 Å². The molecule has 0 atom stereocenters. The minimum atomic E-state index is -0.104. The van der Waals surface area contributed by atoms with Crippen LogP contribution >= 0.6 is 11.3 Å². The van der Waals surface area contributed by atoms with Crippen LogP contribution in [0.15, 0.2) is 48.2 Å². The average molecular weight is 354 g/mol. The van der Waals surface area contributed by atoms with Gasteiger partial charge < -0.3 is 10.1 Å². The first-order chi connectivity index (χ1) is 12.2. The molecule has 3 aromatic heterocycles. The molecule has 3 rings (SSSR count). The molecule has 0 aliphatic heterocycles. The second-order valence-corrected chi connectivity index (χ2v) is 6.34. The van der Waals surface area contributed by atoms with Crippen molar-refractivity contribution in [2.45, 2.75) is 20.0 Å². The lowest BCUT2D eigenvalue weighted by atomic mass is 10.2. The number of nitrogens with zero attached hydrogens (tertiary/aromatic N) is 3. The quantitative estimate of drug-likeness (QED) is 0.706. The summed E-state index contributed by atoms with van der Waals surface area (Å²) in [4.78, 5) is 24.6. The molecule has 0 aliphatic carbocycles. The van der Waals surface area contributed by atoms with E-state index < -0.39 is 0 Å². The standard InChI is InChI=1S/C18H18N4O2S/c1-13-2-3-16(10-21-13)24-11-17-22-15(12-25-17)6-9-20-18(23)14-4-7-19-8-5-14/h2-5,7-8,10,12H,6,9,11H2,1H3,(H,20,23). The normalized spacial score (nSPS) is 10.4. The Morgan fingerprint density at radius 3 is 2.84 bits per heavy atom. The second kappa shape index (κ2) is 8.34. The summed E-state index contributed by atoms with van der Waals surface area (Å²) in [5, 5.41) is 5.77. The summed E-state index contributed by atoms with van der Waals surface area (Å²) in [5.41, 5.74) is 2.51. The molecule has 0 aliphatic rings. The second-order valence-electron chi connectivity index (χ2n) is 5.40. The number of hydrogen-bond donors (Lipinski definition) is 1. The predicted molar refractivity (Wildman–Crippen MR) is 95.7 cm³/mol. The summed E-state index contributed by atoms with van der Waals surface area (Å²) in [6, 6.07) is 7.18. The number of rotatable bonds is 7. The van der Waals surface area contributed by atoms with Crippen LogP contribution < -0.4 is 10.1 Å². The maximum Gasteiger partial charge on any atom is 0.251 e. The van der Waals surface area contributed by atoms with Gasteiger partial charge in [0.15, 0.2) is 0 Å². The van der Waals surface area contributed by atoms with Gasteiger partial charge in [-0.1, -0.05) is 0 Å². The van der Waals surface area contributed by atoms with Gasteiger partial charge in [-0.15, -0.1) is 11.3 Å². The van der Waals surface area contributed by atoms with E-state index in [2.05, 4.69) is 20.3 Å². The third-order valence-corrected chi connectivity index (χ3v) is 4.33. The van der Waals surface area contributed by atoms with Crippen LogP contribution in [0.1, 0.15) is 26.8 Å². The van der Waals surface area contributed by atoms with Gasteiger partial charge in [-0.05, 0) is 31.2 Å². The van der Waals surface area contributed by atoms with E-state index in [0.717, 1.165) is 22.1 Å². The Bertz CT molecular complexity index is 819. The highest BCUT2D eigenvalue weighted by Crippen LogP contribution is 2.15. The molecule has 3 heterocycles. The zero-order chi connectivity index (χ0) is 17.5. The molecule has 7 heteroatoms. The first-order valence-corrected chi connectivity index (χ1v) is 8.75. The number of aryl methyl sites for hydroxylation is 1. The van der Waals surface area contributed by atoms with E-state index in [0.29, 0.717) is 25.1 Å². The summed E-state index contributed by atoms with van der Waals surface area (Å²) in [6.07, 6.45) is 5.59. The average Bonchev–Trinajstić information content (AvgIpc) is 3.10. The van der Waals surface area contributed by atoms with Crippen LogP contribution in [-0.4, -0.2) is 27.4 Å². The minimum Gasteiger partial charge on any atom is -0.485 e. The first-order valence-electron chi connectivity index (χ1n) is 7.87. The zero-order valence-corrected chi connectivity index (χ0v) is 14.6. The van der Waals surface area contributed by atoms with E-state index in [1.54, 1.807) is 42.1 Å². The van der Waals surface area contributed by atoms with Crippen LogP contribution in [0, 0.1) is 6.92 Å². The van der Waals surface area contributed by atoms with E-state index in [-0.39, 0.29) is 5.91 Å². The van der Waals surface area contributed by atoms with Crippen molar-refractivity contribution in [3.63, 3.8) is 0 Å². The Kier molecular flexibility index (Phi) is 5.69. The Balaban J connectivity index is 1.44. The van der Waals surface area contributed by atoms with Gasteiger partial charge in [0.2, 0.25) is 0 Å². The topological polar surface area (TPSA) is 77.0 Å². The van der Waals surface area contributed by atoms with E-state index in [1.807, 2.05) is 24.4 Å². The van der Waals surface area contributed by atoms with Crippen LogP contribution in [0.3, 0.4) is 0 Å². The third kappa shape index (κ3) is 5.09. The lowest BCUT2D eigenvalue weighted by Crippen LogP contribution is -2.25. The molecule has 0 bridgehead atoms. The van der Waals surface area contributed by atoms with Crippen molar-refractivity contribution in [2.24, 2.45) is 0 Å². The van der Waals surface area contributed by atoms with Gasteiger partial charge in [-0.25, -0.2) is 4.98 Å². The lowest BCUT2D eigenvalue weighted by molar-refractivity contribution is 0.0954. The fourth-order valence-corrected chi connectivity index (χ4v) is 2.86. The molecule has 1 N–H and O–H groups in total. The Hall–Kier alpha value is -2.80. The van der Waals surface area contributed by atoms with Gasteiger partial charge in [0.25, 0.3) is 5.91 Å². The Morgan fingerprint density at radius 1 is 1.24 bits per heavy atom. The number of pyridine rings is 2. The Labute approximate surface area is 149 Å². The minimum absolute atomic E-state index is 0.104. The number of ether oxygens (including phenoxy) is 1. The van der Waals surface area contributed by atoms with Crippen molar-refractivity contribution in [3.05, 3.63) is 70.2 Å². The summed E-state index contributed by atoms with van der Waals surface area (Å²) in [7, 11) is 0. The smallest absolute Gasteiger partial charge is 0.251 e. The molecule has 1 amide bonds. The number of thiazole rings is 1. The van der Waals surface area contributed by atoms with E-state index in [9.17, 15) is 4.79 Å². The fraction of sp³-hybridized carbons (Fsp3) is 0.222. The number of nitrogens with one attached hydrogen (secondary N) is 1. The molecule has 0 unspecified atom stereocenters. The van der Waals surface area contributed by atoms with Crippen LogP contribution in [0.4, 0.5) is 0 Å². The molecule has 25 heavy (non-hydrogen) atoms. The first kappa shape index (κ1) is 17.0. The number of hydrogen-bond acceptors (Lipinski definition) is 6. The molecule has 0 radical (unpaired) electrons. The fourth-order valence-electron chi connectivity index (χ4n) is 2.12. The predicted octanol–water partition coefficient (Wildman–Crippen LogP) is 2.79. The Morgan fingerprint density at radius 2 is 2.08 bits per heavy atom. The summed E-state index contributed by atoms with van der Waals surface area (Å²) >= 11 is 1.55. The third-order valence-electron chi connectivity index (χ3n) is 3.46. The highest BCUT2D eigenvalue weighted by Gasteiger charge is 2.06. The maximum atomic E-state index is 11.9. The van der Waals surface area contributed by atoms with Gasteiger partial charge in [0, 0.05) is 42.0 Å². The molecule has 6 nitrogen and oxygen atoms in total. The van der Waals surface area contributed by atoms with Crippen LogP contribution in [-0.2, 0) is 13.0 Å². The van der Waals surface area contributed by atoms with Crippen LogP contribution in [0.5, 0.6) is 5.75 Å². The van der Waals surface area contributed by atoms with Crippen molar-refractivity contribution in [2.75, 3.05) is 6.54 Å². The van der Waals surface area contributed by atoms with Gasteiger partial charge in [0.1, 0.15) is 17.4 Å². The molecule has 0 saturated heterocycles. The molecule has 0 aromatic carbocycles. The maximum absolute atomic E-state index is 11.9. The molecule has 0 saturated carbocycles. The van der Waals surface area contributed by atoms with Crippen molar-refractivity contribution < 1.29 is 9.53 Å². The highest BCUT2D eigenvalue weighted by molar-refractivity contribution is 7.09. The van der Waals surface area contributed by atoms with Crippen LogP contribution in [0.2, 0.25) is 0 Å². The van der Waals surface area contributed by atoms with Gasteiger partial charge in [-0.3, -0.25) is 14.8 Å². The number of amides is 1. The van der Waals surface area contributed by atoms with E-state index in [1.165, 1.54) is 0 Å². The highest BCUT2D eigenvalue weighted by atomic mass is 32.1. The van der Waals surface area contributed by atoms with Crippen molar-refractivity contribution in [1.29, 1.82) is 0 Å². The molecule has 0 spiro atoms. The van der Waals surface area contributed by atoms with Gasteiger partial charge in [0.05, 0.1) is 11.9 Å². The SMILES string of the molecule is Cc1ccc(OCc2nc(CCNC(=O)c3ccncc3)cs2)cn1. The monoisotopic (exact) mass is 354 g/mol. The van der Waals surface area contributed by atoms with Crippen molar-refractivity contribution in [3.8, 4) is 5.75 Å². The molecule has 3 aromatic rings. The van der Waals surface area contributed by atoms with Gasteiger partial charge >= 0.3 is 0 Å². The van der Waals surface area contributed by atoms with Gasteiger partial charge in [-0.2, -0.15) is 0 Å². The van der Waals surface area contributed by atoms with Crippen LogP contribution in [0.25, 0.3) is 0 Å². The number of carbonyl (C=O) groups is 1. The van der Waals surface area contributed by atoms with E-state index in [4.69, 9.17) is 4.74 Å². The number of aromatic nitrogens is 3. The summed E-state index contributed by atoms with van der Waals surface area (Å²) < 4.78 is 5.67.